The summed E-state index contributed by atoms with van der Waals surface area (Å²) in [5.41, 5.74) is 13.2. The minimum atomic E-state index is -1.01. The molecule has 0 saturated carbocycles. The molecule has 1 unspecified atom stereocenters. The summed E-state index contributed by atoms with van der Waals surface area (Å²) in [5, 5.41) is 10.1. The van der Waals surface area contributed by atoms with E-state index in [-0.39, 0.29) is 10.9 Å². The van der Waals surface area contributed by atoms with Crippen molar-refractivity contribution in [1.29, 1.82) is 0 Å². The van der Waals surface area contributed by atoms with Crippen LogP contribution in [0.3, 0.4) is 0 Å². The smallest absolute Gasteiger partial charge is 0.120 e. The summed E-state index contributed by atoms with van der Waals surface area (Å²) in [4.78, 5) is 3.57. The standard InChI is InChI=1S/C12H18ClN3O/c1-5-9(6-16-4)11(17)10(14)7(2)8(3)12(13)15/h5-6,11,17H,1,4,14-15H2,2-3H3/b9-6+,10-7-,12-8-. The number of nitrogens with two attached hydrogens (primary N) is 2. The second kappa shape index (κ2) is 6.93. The van der Waals surface area contributed by atoms with Gasteiger partial charge in [0, 0.05) is 17.5 Å². The molecule has 0 fully saturated rings. The summed E-state index contributed by atoms with van der Waals surface area (Å²) in [6.45, 7) is 10.3. The van der Waals surface area contributed by atoms with Gasteiger partial charge in [0.2, 0.25) is 0 Å². The number of aliphatic imine (C=N–C) groups is 1. The molecule has 0 heterocycles. The van der Waals surface area contributed by atoms with E-state index in [9.17, 15) is 5.11 Å². The number of rotatable bonds is 5. The summed E-state index contributed by atoms with van der Waals surface area (Å²) in [6.07, 6.45) is 1.84. The average molecular weight is 256 g/mol. The molecule has 0 saturated heterocycles. The minimum Gasteiger partial charge on any atom is -0.399 e. The zero-order chi connectivity index (χ0) is 13.6. The lowest BCUT2D eigenvalue weighted by Crippen LogP contribution is -2.21. The van der Waals surface area contributed by atoms with Crippen LogP contribution in [0.5, 0.6) is 0 Å². The van der Waals surface area contributed by atoms with Gasteiger partial charge in [-0.25, -0.2) is 0 Å². The molecular weight excluding hydrogens is 238 g/mol. The van der Waals surface area contributed by atoms with E-state index in [2.05, 4.69) is 18.3 Å². The molecule has 17 heavy (non-hydrogen) atoms. The molecule has 5 N–H and O–H groups in total. The van der Waals surface area contributed by atoms with Crippen LogP contribution in [0.25, 0.3) is 0 Å². The van der Waals surface area contributed by atoms with Crippen molar-refractivity contribution in [3.05, 3.63) is 46.4 Å². The molecule has 0 radical (unpaired) electrons. The third kappa shape index (κ3) is 4.09. The molecule has 0 aliphatic carbocycles. The lowest BCUT2D eigenvalue weighted by Gasteiger charge is -2.16. The highest BCUT2D eigenvalue weighted by atomic mass is 35.5. The third-order valence-electron chi connectivity index (χ3n) is 2.44. The SMILES string of the molecule is C=C/C(=C\N=C)C(O)/C(N)=C(C)/C(C)=C(\N)Cl. The number of hydrogen-bond donors (Lipinski definition) is 3. The zero-order valence-electron chi connectivity index (χ0n) is 10.1. The van der Waals surface area contributed by atoms with E-state index in [4.69, 9.17) is 23.1 Å². The van der Waals surface area contributed by atoms with Crippen LogP contribution in [0.4, 0.5) is 0 Å². The van der Waals surface area contributed by atoms with Crippen molar-refractivity contribution >= 4 is 18.3 Å². The van der Waals surface area contributed by atoms with Gasteiger partial charge in [0.25, 0.3) is 0 Å². The zero-order valence-corrected chi connectivity index (χ0v) is 10.8. The summed E-state index contributed by atoms with van der Waals surface area (Å²) in [6, 6.07) is 0. The van der Waals surface area contributed by atoms with Crippen molar-refractivity contribution in [3.63, 3.8) is 0 Å². The highest BCUT2D eigenvalue weighted by Gasteiger charge is 2.15. The Kier molecular flexibility index (Phi) is 6.31. The summed E-state index contributed by atoms with van der Waals surface area (Å²) < 4.78 is 0. The quantitative estimate of drug-likeness (QED) is 0.398. The fraction of sp³-hybridized carbons (Fsp3) is 0.250. The molecule has 0 bridgehead atoms. The summed E-state index contributed by atoms with van der Waals surface area (Å²) in [7, 11) is 0. The molecular formula is C12H18ClN3O. The Morgan fingerprint density at radius 1 is 1.35 bits per heavy atom. The first kappa shape index (κ1) is 15.5. The normalized spacial score (nSPS) is 16.8. The van der Waals surface area contributed by atoms with E-state index >= 15 is 0 Å². The fourth-order valence-electron chi connectivity index (χ4n) is 1.12. The van der Waals surface area contributed by atoms with E-state index in [1.165, 1.54) is 12.3 Å². The van der Waals surface area contributed by atoms with Crippen LogP contribution in [0.2, 0.25) is 0 Å². The Morgan fingerprint density at radius 3 is 2.24 bits per heavy atom. The van der Waals surface area contributed by atoms with Crippen LogP contribution >= 0.6 is 11.6 Å². The van der Waals surface area contributed by atoms with Crippen LogP contribution < -0.4 is 11.5 Å². The van der Waals surface area contributed by atoms with Gasteiger partial charge >= 0.3 is 0 Å². The number of halogens is 1. The highest BCUT2D eigenvalue weighted by Crippen LogP contribution is 2.20. The van der Waals surface area contributed by atoms with Gasteiger partial charge in [-0.1, -0.05) is 24.3 Å². The Morgan fingerprint density at radius 2 is 1.88 bits per heavy atom. The third-order valence-corrected chi connectivity index (χ3v) is 2.72. The molecule has 4 nitrogen and oxygen atoms in total. The van der Waals surface area contributed by atoms with E-state index in [1.807, 2.05) is 0 Å². The van der Waals surface area contributed by atoms with E-state index in [0.29, 0.717) is 16.7 Å². The van der Waals surface area contributed by atoms with Crippen LogP contribution in [0, 0.1) is 0 Å². The van der Waals surface area contributed by atoms with Gasteiger partial charge in [-0.2, -0.15) is 0 Å². The molecule has 0 aliphatic rings. The number of aliphatic hydroxyl groups is 1. The summed E-state index contributed by atoms with van der Waals surface area (Å²) in [5.74, 6) is 0. The first-order valence-corrected chi connectivity index (χ1v) is 5.29. The number of hydrogen-bond acceptors (Lipinski definition) is 4. The van der Waals surface area contributed by atoms with Crippen LogP contribution in [0.1, 0.15) is 13.8 Å². The highest BCUT2D eigenvalue weighted by molar-refractivity contribution is 6.29. The molecule has 5 heteroatoms. The average Bonchev–Trinajstić information content (AvgIpc) is 2.32. The number of aliphatic hydroxyl groups excluding tert-OH is 1. The van der Waals surface area contributed by atoms with Crippen molar-refractivity contribution in [1.82, 2.24) is 0 Å². The Bertz CT molecular complexity index is 404. The monoisotopic (exact) mass is 255 g/mol. The maximum absolute atomic E-state index is 9.99. The predicted octanol–water partition coefficient (Wildman–Crippen LogP) is 1.78. The second-order valence-corrected chi connectivity index (χ2v) is 3.88. The molecule has 94 valence electrons. The molecule has 0 spiro atoms. The van der Waals surface area contributed by atoms with E-state index < -0.39 is 6.10 Å². The Hall–Kier alpha value is -1.52. The molecule has 0 aromatic heterocycles. The van der Waals surface area contributed by atoms with Gasteiger partial charge in [0.05, 0.1) is 0 Å². The molecule has 0 amide bonds. The van der Waals surface area contributed by atoms with E-state index in [1.54, 1.807) is 13.8 Å². The molecule has 0 aromatic rings. The van der Waals surface area contributed by atoms with Gasteiger partial charge in [-0.15, -0.1) is 0 Å². The van der Waals surface area contributed by atoms with Gasteiger partial charge in [-0.3, -0.25) is 4.99 Å². The molecule has 0 aromatic carbocycles. The van der Waals surface area contributed by atoms with Crippen molar-refractivity contribution < 1.29 is 5.11 Å². The molecule has 0 rings (SSSR count). The number of nitrogens with zero attached hydrogens (tertiary/aromatic N) is 1. The molecule has 0 aliphatic heterocycles. The van der Waals surface area contributed by atoms with Gasteiger partial charge in [0.1, 0.15) is 11.3 Å². The van der Waals surface area contributed by atoms with Crippen LogP contribution in [-0.4, -0.2) is 17.9 Å². The topological polar surface area (TPSA) is 84.6 Å². The number of allylic oxidation sites excluding steroid dienone is 2. The predicted molar refractivity (Wildman–Crippen MR) is 73.5 cm³/mol. The van der Waals surface area contributed by atoms with Crippen molar-refractivity contribution in [2.24, 2.45) is 16.5 Å². The second-order valence-electron chi connectivity index (χ2n) is 3.47. The van der Waals surface area contributed by atoms with Crippen molar-refractivity contribution in [2.75, 3.05) is 0 Å². The largest absolute Gasteiger partial charge is 0.399 e. The lowest BCUT2D eigenvalue weighted by atomic mass is 10.0. The van der Waals surface area contributed by atoms with Crippen molar-refractivity contribution in [2.45, 2.75) is 20.0 Å². The maximum atomic E-state index is 9.99. The fourth-order valence-corrected chi connectivity index (χ4v) is 1.26. The summed E-state index contributed by atoms with van der Waals surface area (Å²) >= 11 is 5.67. The maximum Gasteiger partial charge on any atom is 0.120 e. The van der Waals surface area contributed by atoms with Gasteiger partial charge < -0.3 is 16.6 Å². The Labute approximate surface area is 107 Å². The van der Waals surface area contributed by atoms with Gasteiger partial charge in [-0.05, 0) is 31.7 Å². The first-order valence-electron chi connectivity index (χ1n) is 4.91. The van der Waals surface area contributed by atoms with Crippen molar-refractivity contribution in [3.8, 4) is 0 Å². The first-order chi connectivity index (χ1) is 7.86. The Balaban J connectivity index is 5.43. The lowest BCUT2D eigenvalue weighted by molar-refractivity contribution is 0.247. The molecule has 1 atom stereocenters. The van der Waals surface area contributed by atoms with Crippen LogP contribution in [0.15, 0.2) is 51.4 Å². The van der Waals surface area contributed by atoms with Gasteiger partial charge in [0.15, 0.2) is 0 Å². The minimum absolute atomic E-state index is 0.142. The van der Waals surface area contributed by atoms with E-state index in [0.717, 1.165) is 0 Å². The van der Waals surface area contributed by atoms with Crippen LogP contribution in [-0.2, 0) is 0 Å².